The largest absolute Gasteiger partial charge is 0.303 e. The second-order valence-corrected chi connectivity index (χ2v) is 6.92. The molecule has 0 aliphatic carbocycles. The Morgan fingerprint density at radius 1 is 1.05 bits per heavy atom. The average molecular weight is 356 g/mol. The average Bonchev–Trinajstić information content (AvgIpc) is 2.53. The summed E-state index contributed by atoms with van der Waals surface area (Å²) in [7, 11) is 0. The fourth-order valence-corrected chi connectivity index (χ4v) is 3.30. The zero-order valence-corrected chi connectivity index (χ0v) is 14.2. The van der Waals surface area contributed by atoms with Gasteiger partial charge in [-0.25, -0.2) is 0 Å². The highest BCUT2D eigenvalue weighted by Crippen LogP contribution is 2.44. The number of β-lactam (4-membered cyclic amide) rings is 1. The number of nitrogens with zero attached hydrogens (tertiary/aromatic N) is 1. The highest BCUT2D eigenvalue weighted by atomic mass is 79.9. The number of para-hydroxylation sites is 1. The molecule has 3 heteroatoms. The summed E-state index contributed by atoms with van der Waals surface area (Å²) < 4.78 is 0.942. The molecule has 1 amide bonds. The first kappa shape index (κ1) is 15.0. The number of rotatable bonds is 3. The molecule has 0 N–H and O–H groups in total. The fraction of sp³-hybridized carbons (Fsp3) is 0.211. The fourth-order valence-electron chi connectivity index (χ4n) is 2.82. The van der Waals surface area contributed by atoms with E-state index in [0.717, 1.165) is 15.7 Å². The van der Waals surface area contributed by atoms with E-state index in [9.17, 15) is 4.79 Å². The zero-order valence-electron chi connectivity index (χ0n) is 12.7. The molecule has 1 atom stereocenters. The Bertz CT molecular complexity index is 721. The molecule has 1 aliphatic heterocycles. The van der Waals surface area contributed by atoms with Crippen LogP contribution in [-0.4, -0.2) is 11.9 Å². The summed E-state index contributed by atoms with van der Waals surface area (Å²) in [6, 6.07) is 18.1. The van der Waals surface area contributed by atoms with Crippen molar-refractivity contribution >= 4 is 33.6 Å². The minimum Gasteiger partial charge on any atom is -0.303 e. The third kappa shape index (κ3) is 2.50. The van der Waals surface area contributed by atoms with Crippen LogP contribution in [0.3, 0.4) is 0 Å². The van der Waals surface area contributed by atoms with Crippen molar-refractivity contribution in [2.75, 3.05) is 4.90 Å². The van der Waals surface area contributed by atoms with Gasteiger partial charge in [-0.05, 0) is 47.5 Å². The number of anilines is 1. The lowest BCUT2D eigenvalue weighted by Gasteiger charge is -2.52. The molecule has 1 heterocycles. The summed E-state index contributed by atoms with van der Waals surface area (Å²) in [4.78, 5) is 14.4. The van der Waals surface area contributed by atoms with E-state index in [1.165, 1.54) is 0 Å². The molecule has 1 fully saturated rings. The van der Waals surface area contributed by atoms with E-state index >= 15 is 0 Å². The lowest BCUT2D eigenvalue weighted by molar-refractivity contribution is -0.135. The summed E-state index contributed by atoms with van der Waals surface area (Å²) in [5.41, 5.74) is 1.69. The number of benzene rings is 2. The van der Waals surface area contributed by atoms with Crippen LogP contribution in [-0.2, 0) is 4.79 Å². The molecule has 22 heavy (non-hydrogen) atoms. The standard InChI is InChI=1S/C19H18BrNO/c1-19(2)17(13-12-14-8-4-3-5-9-14)21(18(19)22)16-11-7-6-10-15(16)20/h3-13,17H,1-2H3/b13-12+/t17-/m0/s1. The van der Waals surface area contributed by atoms with Crippen molar-refractivity contribution in [2.45, 2.75) is 19.9 Å². The number of hydrogen-bond acceptors (Lipinski definition) is 1. The van der Waals surface area contributed by atoms with Gasteiger partial charge < -0.3 is 4.90 Å². The van der Waals surface area contributed by atoms with Gasteiger partial charge in [-0.3, -0.25) is 4.79 Å². The molecule has 0 radical (unpaired) electrons. The Morgan fingerprint density at radius 2 is 1.68 bits per heavy atom. The second kappa shape index (κ2) is 5.73. The van der Waals surface area contributed by atoms with Gasteiger partial charge in [0.05, 0.1) is 17.1 Å². The third-order valence-corrected chi connectivity index (χ3v) is 4.84. The summed E-state index contributed by atoms with van der Waals surface area (Å²) in [5, 5.41) is 0. The maximum Gasteiger partial charge on any atom is 0.235 e. The van der Waals surface area contributed by atoms with Gasteiger partial charge in [0.25, 0.3) is 0 Å². The van der Waals surface area contributed by atoms with Crippen molar-refractivity contribution in [3.05, 3.63) is 70.7 Å². The minimum atomic E-state index is -0.374. The van der Waals surface area contributed by atoms with Gasteiger partial charge in [-0.1, -0.05) is 54.6 Å². The molecular weight excluding hydrogens is 338 g/mol. The van der Waals surface area contributed by atoms with Crippen LogP contribution >= 0.6 is 15.9 Å². The summed E-state index contributed by atoms with van der Waals surface area (Å²) in [6.07, 6.45) is 4.21. The molecule has 2 aromatic rings. The highest BCUT2D eigenvalue weighted by molar-refractivity contribution is 9.10. The van der Waals surface area contributed by atoms with Gasteiger partial charge in [-0.15, -0.1) is 0 Å². The number of halogens is 1. The van der Waals surface area contributed by atoms with Crippen LogP contribution in [0.4, 0.5) is 5.69 Å². The molecule has 1 saturated heterocycles. The van der Waals surface area contributed by atoms with Gasteiger partial charge in [0, 0.05) is 4.47 Å². The Labute approximate surface area is 139 Å². The molecule has 0 aromatic heterocycles. The van der Waals surface area contributed by atoms with Crippen molar-refractivity contribution in [3.8, 4) is 0 Å². The molecule has 0 spiro atoms. The van der Waals surface area contributed by atoms with E-state index in [-0.39, 0.29) is 17.4 Å². The van der Waals surface area contributed by atoms with Crippen LogP contribution < -0.4 is 4.90 Å². The Kier molecular flexibility index (Phi) is 3.92. The second-order valence-electron chi connectivity index (χ2n) is 6.06. The Hall–Kier alpha value is -1.87. The highest BCUT2D eigenvalue weighted by Gasteiger charge is 2.53. The van der Waals surface area contributed by atoms with Crippen molar-refractivity contribution in [1.82, 2.24) is 0 Å². The first-order chi connectivity index (χ1) is 10.5. The predicted molar refractivity (Wildman–Crippen MR) is 94.7 cm³/mol. The topological polar surface area (TPSA) is 20.3 Å². The lowest BCUT2D eigenvalue weighted by atomic mass is 9.73. The minimum absolute atomic E-state index is 0.0545. The summed E-state index contributed by atoms with van der Waals surface area (Å²) in [6.45, 7) is 4.01. The number of carbonyl (C=O) groups is 1. The monoisotopic (exact) mass is 355 g/mol. The SMILES string of the molecule is CC1(C)C(=O)N(c2ccccc2Br)[C@H]1/C=C/c1ccccc1. The lowest BCUT2D eigenvalue weighted by Crippen LogP contribution is -2.66. The molecule has 0 unspecified atom stereocenters. The van der Waals surface area contributed by atoms with Crippen molar-refractivity contribution < 1.29 is 4.79 Å². The smallest absolute Gasteiger partial charge is 0.235 e. The van der Waals surface area contributed by atoms with Crippen molar-refractivity contribution in [1.29, 1.82) is 0 Å². The summed E-state index contributed by atoms with van der Waals surface area (Å²) >= 11 is 3.54. The molecule has 0 bridgehead atoms. The van der Waals surface area contributed by atoms with E-state index in [1.807, 2.05) is 61.2 Å². The van der Waals surface area contributed by atoms with E-state index in [2.05, 4.69) is 40.2 Å². The van der Waals surface area contributed by atoms with Gasteiger partial charge in [-0.2, -0.15) is 0 Å². The maximum atomic E-state index is 12.5. The molecule has 2 aromatic carbocycles. The van der Waals surface area contributed by atoms with Crippen LogP contribution in [0.2, 0.25) is 0 Å². The molecule has 3 rings (SSSR count). The van der Waals surface area contributed by atoms with Gasteiger partial charge >= 0.3 is 0 Å². The molecular formula is C19H18BrNO. The number of amides is 1. The quantitative estimate of drug-likeness (QED) is 0.716. The van der Waals surface area contributed by atoms with E-state index < -0.39 is 0 Å². The molecule has 1 aliphatic rings. The normalized spacial score (nSPS) is 20.2. The van der Waals surface area contributed by atoms with E-state index in [4.69, 9.17) is 0 Å². The first-order valence-corrected chi connectivity index (χ1v) is 8.12. The van der Waals surface area contributed by atoms with Crippen molar-refractivity contribution in [2.24, 2.45) is 5.41 Å². The molecule has 112 valence electrons. The van der Waals surface area contributed by atoms with Gasteiger partial charge in [0.1, 0.15) is 0 Å². The number of hydrogen-bond donors (Lipinski definition) is 0. The first-order valence-electron chi connectivity index (χ1n) is 7.33. The van der Waals surface area contributed by atoms with Crippen LogP contribution in [0.1, 0.15) is 19.4 Å². The predicted octanol–water partition coefficient (Wildman–Crippen LogP) is 4.90. The van der Waals surface area contributed by atoms with Gasteiger partial charge in [0.2, 0.25) is 5.91 Å². The number of carbonyl (C=O) groups excluding carboxylic acids is 1. The van der Waals surface area contributed by atoms with Gasteiger partial charge in [0.15, 0.2) is 0 Å². The molecule has 0 saturated carbocycles. The van der Waals surface area contributed by atoms with Crippen molar-refractivity contribution in [3.63, 3.8) is 0 Å². The summed E-state index contributed by atoms with van der Waals surface area (Å²) in [5.74, 6) is 0.155. The Balaban J connectivity index is 1.92. The third-order valence-electron chi connectivity index (χ3n) is 4.17. The van der Waals surface area contributed by atoms with Crippen LogP contribution in [0.25, 0.3) is 6.08 Å². The maximum absolute atomic E-state index is 12.5. The van der Waals surface area contributed by atoms with E-state index in [1.54, 1.807) is 0 Å². The van der Waals surface area contributed by atoms with Crippen LogP contribution in [0.5, 0.6) is 0 Å². The Morgan fingerprint density at radius 3 is 2.36 bits per heavy atom. The van der Waals surface area contributed by atoms with Crippen LogP contribution in [0.15, 0.2) is 65.1 Å². The van der Waals surface area contributed by atoms with E-state index in [0.29, 0.717) is 0 Å². The molecule has 2 nitrogen and oxygen atoms in total. The van der Waals surface area contributed by atoms with Crippen LogP contribution in [0, 0.1) is 5.41 Å². The zero-order chi connectivity index (χ0) is 15.7.